The van der Waals surface area contributed by atoms with Gasteiger partial charge in [0.2, 0.25) is 0 Å². The number of nitrogens with zero attached hydrogens (tertiary/aromatic N) is 1. The lowest BCUT2D eigenvalue weighted by Gasteiger charge is -2.08. The molecule has 0 bridgehead atoms. The fourth-order valence-corrected chi connectivity index (χ4v) is 2.62. The fraction of sp³-hybridized carbons (Fsp3) is 0.538. The lowest BCUT2D eigenvalue weighted by Crippen LogP contribution is -2.20. The number of carbonyl (C=O) groups excluding carboxylic acids is 1. The number of aromatic nitrogens is 1. The molecular formula is C13H15NO4. The summed E-state index contributed by atoms with van der Waals surface area (Å²) in [5.74, 6) is 0.381. The Kier molecular flexibility index (Phi) is 2.43. The van der Waals surface area contributed by atoms with Gasteiger partial charge >= 0.3 is 5.97 Å². The van der Waals surface area contributed by atoms with Crippen LogP contribution in [0.5, 0.6) is 5.75 Å². The van der Waals surface area contributed by atoms with Crippen LogP contribution in [0.4, 0.5) is 0 Å². The van der Waals surface area contributed by atoms with Crippen LogP contribution in [0.25, 0.3) is 0 Å². The van der Waals surface area contributed by atoms with Crippen LogP contribution >= 0.6 is 0 Å². The van der Waals surface area contributed by atoms with Crippen LogP contribution < -0.4 is 5.56 Å². The van der Waals surface area contributed by atoms with E-state index in [-0.39, 0.29) is 22.9 Å². The second-order valence-electron chi connectivity index (χ2n) is 5.11. The summed E-state index contributed by atoms with van der Waals surface area (Å²) < 4.78 is 6.15. The first-order valence-corrected chi connectivity index (χ1v) is 6.15. The Morgan fingerprint density at radius 2 is 2.22 bits per heavy atom. The van der Waals surface area contributed by atoms with Crippen molar-refractivity contribution in [1.29, 1.82) is 0 Å². The molecule has 0 amide bonds. The van der Waals surface area contributed by atoms with Crippen molar-refractivity contribution in [2.75, 3.05) is 7.11 Å². The van der Waals surface area contributed by atoms with Gasteiger partial charge in [-0.1, -0.05) is 0 Å². The molecule has 0 aliphatic heterocycles. The summed E-state index contributed by atoms with van der Waals surface area (Å²) in [4.78, 5) is 23.3. The molecule has 0 radical (unpaired) electrons. The molecule has 0 saturated heterocycles. The quantitative estimate of drug-likeness (QED) is 0.820. The molecule has 1 aromatic rings. The van der Waals surface area contributed by atoms with Crippen LogP contribution in [-0.2, 0) is 4.74 Å². The first-order chi connectivity index (χ1) is 8.61. The summed E-state index contributed by atoms with van der Waals surface area (Å²) in [5, 5.41) is 9.59. The van der Waals surface area contributed by atoms with Gasteiger partial charge < -0.3 is 14.4 Å². The van der Waals surface area contributed by atoms with Crippen molar-refractivity contribution in [3.8, 4) is 5.75 Å². The number of esters is 1. The van der Waals surface area contributed by atoms with Gasteiger partial charge in [0.25, 0.3) is 5.56 Å². The third-order valence-electron chi connectivity index (χ3n) is 3.85. The number of ether oxygens (including phenoxy) is 1. The van der Waals surface area contributed by atoms with Crippen molar-refractivity contribution >= 4 is 5.97 Å². The van der Waals surface area contributed by atoms with Crippen LogP contribution in [0, 0.1) is 11.8 Å². The maximum Gasteiger partial charge on any atom is 0.343 e. The minimum atomic E-state index is -0.620. The van der Waals surface area contributed by atoms with E-state index in [1.165, 1.54) is 26.1 Å². The average molecular weight is 249 g/mol. The number of carbonyl (C=O) groups is 1. The van der Waals surface area contributed by atoms with Gasteiger partial charge in [-0.05, 0) is 31.1 Å². The summed E-state index contributed by atoms with van der Waals surface area (Å²) in [6.45, 7) is 0. The Morgan fingerprint density at radius 1 is 1.50 bits per heavy atom. The molecule has 5 heteroatoms. The monoisotopic (exact) mass is 249 g/mol. The molecule has 2 aliphatic carbocycles. The maximum absolute atomic E-state index is 11.8. The van der Waals surface area contributed by atoms with E-state index >= 15 is 0 Å². The second kappa shape index (κ2) is 3.86. The molecule has 1 aromatic heterocycles. The zero-order chi connectivity index (χ0) is 12.9. The Morgan fingerprint density at radius 3 is 2.83 bits per heavy atom. The lowest BCUT2D eigenvalue weighted by atomic mass is 10.2. The Balaban J connectivity index is 1.94. The zero-order valence-corrected chi connectivity index (χ0v) is 10.1. The molecule has 96 valence electrons. The van der Waals surface area contributed by atoms with Crippen molar-refractivity contribution in [3.63, 3.8) is 0 Å². The minimum absolute atomic E-state index is 0.0542. The number of pyridine rings is 1. The molecule has 18 heavy (non-hydrogen) atoms. The minimum Gasteiger partial charge on any atom is -0.507 e. The van der Waals surface area contributed by atoms with E-state index < -0.39 is 5.97 Å². The van der Waals surface area contributed by atoms with Gasteiger partial charge in [-0.3, -0.25) is 4.79 Å². The highest BCUT2D eigenvalue weighted by molar-refractivity contribution is 5.91. The van der Waals surface area contributed by atoms with Crippen LogP contribution in [0.2, 0.25) is 0 Å². The van der Waals surface area contributed by atoms with Gasteiger partial charge in [0, 0.05) is 18.3 Å². The number of hydrogen-bond acceptors (Lipinski definition) is 4. The van der Waals surface area contributed by atoms with Gasteiger partial charge in [-0.15, -0.1) is 0 Å². The van der Waals surface area contributed by atoms with Crippen LogP contribution in [0.1, 0.15) is 35.7 Å². The van der Waals surface area contributed by atoms with Gasteiger partial charge in [0.05, 0.1) is 7.11 Å². The lowest BCUT2D eigenvalue weighted by molar-refractivity contribution is 0.0596. The van der Waals surface area contributed by atoms with Crippen molar-refractivity contribution in [3.05, 3.63) is 28.2 Å². The van der Waals surface area contributed by atoms with Crippen LogP contribution in [-0.4, -0.2) is 22.8 Å². The predicted octanol–water partition coefficient (Wildman–Crippen LogP) is 1.31. The molecular weight excluding hydrogens is 234 g/mol. The summed E-state index contributed by atoms with van der Waals surface area (Å²) in [7, 11) is 1.25. The van der Waals surface area contributed by atoms with E-state index in [4.69, 9.17) is 0 Å². The third-order valence-corrected chi connectivity index (χ3v) is 3.85. The third kappa shape index (κ3) is 1.79. The summed E-state index contributed by atoms with van der Waals surface area (Å²) in [6, 6.07) is 1.28. The summed E-state index contributed by atoms with van der Waals surface area (Å²) in [6.07, 6.45) is 4.92. The van der Waals surface area contributed by atoms with Crippen molar-refractivity contribution < 1.29 is 14.6 Å². The van der Waals surface area contributed by atoms with Gasteiger partial charge in [0.1, 0.15) is 11.3 Å². The maximum atomic E-state index is 11.8. The Bertz CT molecular complexity index is 559. The fourth-order valence-electron chi connectivity index (χ4n) is 2.62. The van der Waals surface area contributed by atoms with Gasteiger partial charge in [-0.25, -0.2) is 4.79 Å². The predicted molar refractivity (Wildman–Crippen MR) is 63.6 cm³/mol. The first-order valence-electron chi connectivity index (χ1n) is 6.15. The Labute approximate surface area is 104 Å². The normalized spacial score (nSPS) is 25.8. The SMILES string of the molecule is COC(=O)c1cn([C@H]2C[C@@H]2C2CC2)c(=O)cc1O. The van der Waals surface area contributed by atoms with Crippen LogP contribution in [0.15, 0.2) is 17.1 Å². The van der Waals surface area contributed by atoms with E-state index in [0.717, 1.165) is 18.4 Å². The molecule has 5 nitrogen and oxygen atoms in total. The molecule has 1 N–H and O–H groups in total. The number of aromatic hydroxyl groups is 1. The van der Waals surface area contributed by atoms with E-state index in [9.17, 15) is 14.7 Å². The molecule has 2 fully saturated rings. The standard InChI is InChI=1S/C13H15NO4/c1-18-13(17)9-6-14(12(16)5-11(9)15)10-4-8(10)7-2-3-7/h5-8,10,15H,2-4H2,1H3/t8-,10+/m1/s1. The molecule has 0 unspecified atom stereocenters. The molecule has 1 heterocycles. The summed E-state index contributed by atoms with van der Waals surface area (Å²) in [5.41, 5.74) is -0.202. The average Bonchev–Trinajstić information content (AvgIpc) is 3.18. The number of methoxy groups -OCH3 is 1. The van der Waals surface area contributed by atoms with Gasteiger partial charge in [0.15, 0.2) is 0 Å². The van der Waals surface area contributed by atoms with E-state index in [2.05, 4.69) is 4.74 Å². The van der Waals surface area contributed by atoms with Gasteiger partial charge in [-0.2, -0.15) is 0 Å². The first kappa shape index (κ1) is 11.3. The molecule has 2 aliphatic rings. The van der Waals surface area contributed by atoms with Crippen LogP contribution in [0.3, 0.4) is 0 Å². The smallest absolute Gasteiger partial charge is 0.343 e. The molecule has 0 aromatic carbocycles. The largest absolute Gasteiger partial charge is 0.507 e. The topological polar surface area (TPSA) is 68.5 Å². The molecule has 2 saturated carbocycles. The second-order valence-corrected chi connectivity index (χ2v) is 5.11. The summed E-state index contributed by atoms with van der Waals surface area (Å²) >= 11 is 0. The van der Waals surface area contributed by atoms with E-state index in [0.29, 0.717) is 5.92 Å². The van der Waals surface area contributed by atoms with Crippen molar-refractivity contribution in [2.24, 2.45) is 11.8 Å². The van der Waals surface area contributed by atoms with E-state index in [1.54, 1.807) is 4.57 Å². The highest BCUT2D eigenvalue weighted by atomic mass is 16.5. The molecule has 0 spiro atoms. The molecule has 3 rings (SSSR count). The number of rotatable bonds is 3. The van der Waals surface area contributed by atoms with Crippen molar-refractivity contribution in [1.82, 2.24) is 4.57 Å². The zero-order valence-electron chi connectivity index (χ0n) is 10.1. The molecule has 2 atom stereocenters. The van der Waals surface area contributed by atoms with Crippen molar-refractivity contribution in [2.45, 2.75) is 25.3 Å². The number of hydrogen-bond donors (Lipinski definition) is 1. The highest BCUT2D eigenvalue weighted by Crippen LogP contribution is 2.56. The highest BCUT2D eigenvalue weighted by Gasteiger charge is 2.48. The van der Waals surface area contributed by atoms with E-state index in [1.807, 2.05) is 0 Å². The Hall–Kier alpha value is -1.78.